The van der Waals surface area contributed by atoms with Gasteiger partial charge in [-0.15, -0.1) is 0 Å². The van der Waals surface area contributed by atoms with E-state index in [1.54, 1.807) is 19.1 Å². The van der Waals surface area contributed by atoms with E-state index < -0.39 is 24.8 Å². The number of hydrogen-bond acceptors (Lipinski definition) is 7. The van der Waals surface area contributed by atoms with Crippen LogP contribution in [0.5, 0.6) is 0 Å². The van der Waals surface area contributed by atoms with Crippen LogP contribution in [0.3, 0.4) is 0 Å². The summed E-state index contributed by atoms with van der Waals surface area (Å²) in [7, 11) is 1.28. The Balaban J connectivity index is 0.000000922. The van der Waals surface area contributed by atoms with E-state index in [4.69, 9.17) is 4.74 Å². The summed E-state index contributed by atoms with van der Waals surface area (Å²) in [6.07, 6.45) is -1.44. The number of aliphatic hydroxyl groups is 2. The third kappa shape index (κ3) is 7.08. The van der Waals surface area contributed by atoms with Gasteiger partial charge < -0.3 is 24.4 Å². The van der Waals surface area contributed by atoms with E-state index in [9.17, 15) is 19.8 Å². The van der Waals surface area contributed by atoms with Crippen LogP contribution in [0.1, 0.15) is 41.3 Å². The van der Waals surface area contributed by atoms with Gasteiger partial charge >= 0.3 is 5.97 Å². The molecule has 2 unspecified atom stereocenters. The van der Waals surface area contributed by atoms with Crippen molar-refractivity contribution in [1.82, 2.24) is 0 Å². The van der Waals surface area contributed by atoms with Crippen LogP contribution < -0.4 is 0 Å². The predicted octanol–water partition coefficient (Wildman–Crippen LogP) is 1.39. The number of aryl methyl sites for hydroxylation is 1. The number of carbonyl (C=O) groups is 2. The normalized spacial score (nSPS) is 12.4. The predicted molar refractivity (Wildman–Crippen MR) is 87.7 cm³/mol. The second-order valence-electron chi connectivity index (χ2n) is 4.76. The molecular formula is C17H26O7. The van der Waals surface area contributed by atoms with Gasteiger partial charge in [0, 0.05) is 13.2 Å². The van der Waals surface area contributed by atoms with Crippen molar-refractivity contribution >= 4 is 12.4 Å². The topological polar surface area (TPSA) is 102 Å². The van der Waals surface area contributed by atoms with E-state index in [-0.39, 0.29) is 6.47 Å². The van der Waals surface area contributed by atoms with Crippen LogP contribution in [-0.2, 0) is 19.0 Å². The van der Waals surface area contributed by atoms with Crippen LogP contribution in [0.25, 0.3) is 0 Å². The molecule has 24 heavy (non-hydrogen) atoms. The van der Waals surface area contributed by atoms with Gasteiger partial charge in [-0.2, -0.15) is 0 Å². The Kier molecular flexibility index (Phi) is 11.4. The fourth-order valence-corrected chi connectivity index (χ4v) is 2.03. The van der Waals surface area contributed by atoms with Crippen molar-refractivity contribution in [3.05, 3.63) is 34.9 Å². The number of carbonyl (C=O) groups excluding carboxylic acids is 2. The van der Waals surface area contributed by atoms with Crippen molar-refractivity contribution in [3.63, 3.8) is 0 Å². The van der Waals surface area contributed by atoms with Crippen molar-refractivity contribution in [2.45, 2.75) is 33.0 Å². The summed E-state index contributed by atoms with van der Waals surface area (Å²) >= 11 is 0. The summed E-state index contributed by atoms with van der Waals surface area (Å²) in [5, 5.41) is 18.9. The Morgan fingerprint density at radius 2 is 1.92 bits per heavy atom. The zero-order valence-corrected chi connectivity index (χ0v) is 14.5. The molecule has 0 spiro atoms. The lowest BCUT2D eigenvalue weighted by molar-refractivity contribution is -0.157. The van der Waals surface area contributed by atoms with E-state index in [0.717, 1.165) is 13.2 Å². The first kappa shape index (κ1) is 22.0. The van der Waals surface area contributed by atoms with E-state index in [0.29, 0.717) is 16.7 Å². The van der Waals surface area contributed by atoms with Gasteiger partial charge in [0.15, 0.2) is 0 Å². The third-order valence-corrected chi connectivity index (χ3v) is 3.23. The van der Waals surface area contributed by atoms with Gasteiger partial charge in [-0.25, -0.2) is 4.79 Å². The lowest BCUT2D eigenvalue weighted by atomic mass is 9.93. The Bertz CT molecular complexity index is 500. The lowest BCUT2D eigenvalue weighted by Crippen LogP contribution is -2.25. The SMILES string of the molecule is CCOCC.COC(=O)c1ccc(C(CO)C(O)OC=O)c(C)c1. The minimum atomic E-state index is -1.44. The maximum absolute atomic E-state index is 11.4. The molecule has 0 aliphatic rings. The van der Waals surface area contributed by atoms with Gasteiger partial charge in [0.2, 0.25) is 6.29 Å². The smallest absolute Gasteiger partial charge is 0.337 e. The molecule has 1 aromatic rings. The van der Waals surface area contributed by atoms with Gasteiger partial charge in [-0.05, 0) is 44.0 Å². The molecule has 136 valence electrons. The zero-order valence-electron chi connectivity index (χ0n) is 14.5. The summed E-state index contributed by atoms with van der Waals surface area (Å²) in [6.45, 7) is 7.11. The molecule has 7 heteroatoms. The molecule has 0 radical (unpaired) electrons. The van der Waals surface area contributed by atoms with Gasteiger partial charge in [-0.1, -0.05) is 6.07 Å². The molecule has 0 aromatic heterocycles. The van der Waals surface area contributed by atoms with Crippen molar-refractivity contribution in [2.75, 3.05) is 26.9 Å². The molecule has 0 aliphatic carbocycles. The Morgan fingerprint density at radius 1 is 1.29 bits per heavy atom. The van der Waals surface area contributed by atoms with E-state index >= 15 is 0 Å². The molecule has 0 bridgehead atoms. The average molecular weight is 342 g/mol. The fraction of sp³-hybridized carbons (Fsp3) is 0.529. The summed E-state index contributed by atoms with van der Waals surface area (Å²) in [5.41, 5.74) is 1.63. The molecule has 1 aromatic carbocycles. The van der Waals surface area contributed by atoms with Crippen molar-refractivity contribution in [2.24, 2.45) is 0 Å². The Labute approximate surface area is 142 Å². The van der Waals surface area contributed by atoms with Crippen LogP contribution in [0, 0.1) is 6.92 Å². The molecule has 2 N–H and O–H groups in total. The first-order valence-corrected chi connectivity index (χ1v) is 7.61. The highest BCUT2D eigenvalue weighted by molar-refractivity contribution is 5.89. The monoisotopic (exact) mass is 342 g/mol. The summed E-state index contributed by atoms with van der Waals surface area (Å²) < 4.78 is 13.9. The molecule has 0 fully saturated rings. The highest BCUT2D eigenvalue weighted by Gasteiger charge is 2.23. The molecule has 1 rings (SSSR count). The minimum Gasteiger partial charge on any atom is -0.465 e. The molecule has 0 amide bonds. The molecular weight excluding hydrogens is 316 g/mol. The molecule has 0 saturated carbocycles. The second-order valence-corrected chi connectivity index (χ2v) is 4.76. The number of rotatable bonds is 8. The Morgan fingerprint density at radius 3 is 2.29 bits per heavy atom. The average Bonchev–Trinajstić information content (AvgIpc) is 2.57. The molecule has 7 nitrogen and oxygen atoms in total. The molecule has 0 heterocycles. The number of hydrogen-bond donors (Lipinski definition) is 2. The first-order chi connectivity index (χ1) is 11.5. The summed E-state index contributed by atoms with van der Waals surface area (Å²) in [4.78, 5) is 21.6. The first-order valence-electron chi connectivity index (χ1n) is 7.61. The van der Waals surface area contributed by atoms with Crippen LogP contribution >= 0.6 is 0 Å². The maximum Gasteiger partial charge on any atom is 0.337 e. The fourth-order valence-electron chi connectivity index (χ4n) is 2.03. The van der Waals surface area contributed by atoms with Crippen LogP contribution in [-0.4, -0.2) is 55.9 Å². The second kappa shape index (κ2) is 12.5. The lowest BCUT2D eigenvalue weighted by Gasteiger charge is -2.21. The number of ether oxygens (including phenoxy) is 3. The number of methoxy groups -OCH3 is 1. The van der Waals surface area contributed by atoms with Crippen LogP contribution in [0.2, 0.25) is 0 Å². The van der Waals surface area contributed by atoms with Gasteiger partial charge in [0.05, 0.1) is 25.2 Å². The van der Waals surface area contributed by atoms with Gasteiger partial charge in [0.1, 0.15) is 0 Å². The van der Waals surface area contributed by atoms with E-state index in [2.05, 4.69) is 9.47 Å². The Hall–Kier alpha value is -1.96. The minimum absolute atomic E-state index is 0.117. The van der Waals surface area contributed by atoms with Crippen molar-refractivity contribution in [3.8, 4) is 0 Å². The molecule has 0 aliphatic heterocycles. The zero-order chi connectivity index (χ0) is 18.5. The summed E-state index contributed by atoms with van der Waals surface area (Å²) in [5.74, 6) is -1.24. The van der Waals surface area contributed by atoms with Crippen molar-refractivity contribution in [1.29, 1.82) is 0 Å². The number of esters is 1. The number of aliphatic hydroxyl groups excluding tert-OH is 2. The maximum atomic E-state index is 11.4. The standard InChI is InChI=1S/C13H16O6.C4H10O/c1-8-5-9(12(16)18-2)3-4-10(8)11(6-14)13(17)19-7-15;1-3-5-4-2/h3-5,7,11,13-14,17H,6H2,1-2H3;3-4H2,1-2H3. The third-order valence-electron chi connectivity index (χ3n) is 3.23. The van der Waals surface area contributed by atoms with E-state index in [1.807, 2.05) is 13.8 Å². The number of benzene rings is 1. The highest BCUT2D eigenvalue weighted by atomic mass is 16.6. The highest BCUT2D eigenvalue weighted by Crippen LogP contribution is 2.24. The quantitative estimate of drug-likeness (QED) is 0.418. The summed E-state index contributed by atoms with van der Waals surface area (Å²) in [6, 6.07) is 4.68. The van der Waals surface area contributed by atoms with Gasteiger partial charge in [0.25, 0.3) is 6.47 Å². The van der Waals surface area contributed by atoms with Crippen LogP contribution in [0.15, 0.2) is 18.2 Å². The van der Waals surface area contributed by atoms with Gasteiger partial charge in [-0.3, -0.25) is 4.79 Å². The largest absolute Gasteiger partial charge is 0.465 e. The van der Waals surface area contributed by atoms with Crippen LogP contribution in [0.4, 0.5) is 0 Å². The molecule has 2 atom stereocenters. The van der Waals surface area contributed by atoms with Crippen molar-refractivity contribution < 1.29 is 34.0 Å². The van der Waals surface area contributed by atoms with E-state index in [1.165, 1.54) is 13.2 Å². The molecule has 0 saturated heterocycles.